The van der Waals surface area contributed by atoms with Crippen LogP contribution in [-0.4, -0.2) is 21.7 Å². The Bertz CT molecular complexity index is 764. The number of nitrogens with zero attached hydrogens (tertiary/aromatic N) is 2. The Morgan fingerprint density at radius 2 is 1.85 bits per heavy atom. The SMILES string of the molecule is CC(C)CC[C@H](C)NC(=O)c1nn(-c2ccc(F)cc2)c2c1CCCC2. The van der Waals surface area contributed by atoms with Crippen molar-refractivity contribution in [3.05, 3.63) is 47.0 Å². The number of fused-ring (bicyclic) bond motifs is 1. The zero-order chi connectivity index (χ0) is 18.7. The molecule has 1 aromatic heterocycles. The summed E-state index contributed by atoms with van der Waals surface area (Å²) >= 11 is 0. The summed E-state index contributed by atoms with van der Waals surface area (Å²) in [5, 5.41) is 7.72. The van der Waals surface area contributed by atoms with Gasteiger partial charge in [0.15, 0.2) is 5.69 Å². The van der Waals surface area contributed by atoms with E-state index in [1.54, 1.807) is 12.1 Å². The van der Waals surface area contributed by atoms with Crippen LogP contribution >= 0.6 is 0 Å². The zero-order valence-electron chi connectivity index (χ0n) is 15.9. The van der Waals surface area contributed by atoms with Crippen molar-refractivity contribution in [3.63, 3.8) is 0 Å². The lowest BCUT2D eigenvalue weighted by Gasteiger charge is -2.16. The van der Waals surface area contributed by atoms with Crippen LogP contribution in [0.25, 0.3) is 5.69 Å². The molecule has 0 bridgehead atoms. The van der Waals surface area contributed by atoms with Gasteiger partial charge in [-0.1, -0.05) is 13.8 Å². The third-order valence-electron chi connectivity index (χ3n) is 5.02. The van der Waals surface area contributed by atoms with Crippen molar-refractivity contribution in [2.75, 3.05) is 0 Å². The molecule has 3 rings (SSSR count). The fraction of sp³-hybridized carbons (Fsp3) is 0.524. The van der Waals surface area contributed by atoms with Crippen molar-refractivity contribution in [2.24, 2.45) is 5.92 Å². The van der Waals surface area contributed by atoms with Crippen LogP contribution in [0.3, 0.4) is 0 Å². The van der Waals surface area contributed by atoms with Gasteiger partial charge in [0.2, 0.25) is 0 Å². The molecular weight excluding hydrogens is 329 g/mol. The first-order valence-electron chi connectivity index (χ1n) is 9.63. The maximum atomic E-state index is 13.3. The first-order chi connectivity index (χ1) is 12.5. The van der Waals surface area contributed by atoms with E-state index in [0.29, 0.717) is 11.6 Å². The molecule has 140 valence electrons. The number of hydrogen-bond acceptors (Lipinski definition) is 2. The summed E-state index contributed by atoms with van der Waals surface area (Å²) in [5.74, 6) is 0.256. The number of rotatable bonds is 6. The fourth-order valence-electron chi connectivity index (χ4n) is 3.52. The summed E-state index contributed by atoms with van der Waals surface area (Å²) in [7, 11) is 0. The van der Waals surface area contributed by atoms with Gasteiger partial charge < -0.3 is 5.32 Å². The lowest BCUT2D eigenvalue weighted by atomic mass is 9.95. The molecule has 1 atom stereocenters. The Morgan fingerprint density at radius 3 is 2.54 bits per heavy atom. The normalized spacial score (nSPS) is 15.0. The summed E-state index contributed by atoms with van der Waals surface area (Å²) in [6.45, 7) is 6.42. The van der Waals surface area contributed by atoms with Crippen LogP contribution in [0.1, 0.15) is 68.2 Å². The number of carbonyl (C=O) groups excluding carboxylic acids is 1. The van der Waals surface area contributed by atoms with Crippen LogP contribution in [0.2, 0.25) is 0 Å². The van der Waals surface area contributed by atoms with Gasteiger partial charge >= 0.3 is 0 Å². The van der Waals surface area contributed by atoms with E-state index in [2.05, 4.69) is 24.3 Å². The van der Waals surface area contributed by atoms with Gasteiger partial charge in [0.1, 0.15) is 5.82 Å². The molecule has 0 saturated carbocycles. The monoisotopic (exact) mass is 357 g/mol. The van der Waals surface area contributed by atoms with Gasteiger partial charge in [0.05, 0.1) is 5.69 Å². The van der Waals surface area contributed by atoms with Crippen LogP contribution in [-0.2, 0) is 12.8 Å². The highest BCUT2D eigenvalue weighted by atomic mass is 19.1. The van der Waals surface area contributed by atoms with E-state index in [9.17, 15) is 9.18 Å². The van der Waals surface area contributed by atoms with Crippen LogP contribution in [0.5, 0.6) is 0 Å². The molecule has 0 unspecified atom stereocenters. The highest BCUT2D eigenvalue weighted by Crippen LogP contribution is 2.27. The Labute approximate surface area is 154 Å². The van der Waals surface area contributed by atoms with Crippen LogP contribution in [0.4, 0.5) is 4.39 Å². The van der Waals surface area contributed by atoms with E-state index in [-0.39, 0.29) is 17.8 Å². The number of hydrogen-bond donors (Lipinski definition) is 1. The molecule has 0 radical (unpaired) electrons. The van der Waals surface area contributed by atoms with E-state index in [1.807, 2.05) is 11.6 Å². The maximum absolute atomic E-state index is 13.3. The molecule has 0 aliphatic heterocycles. The van der Waals surface area contributed by atoms with Gasteiger partial charge in [-0.15, -0.1) is 0 Å². The molecule has 0 saturated heterocycles. The highest BCUT2D eigenvalue weighted by Gasteiger charge is 2.26. The molecule has 1 N–H and O–H groups in total. The smallest absolute Gasteiger partial charge is 0.272 e. The molecule has 1 aliphatic carbocycles. The van der Waals surface area contributed by atoms with Crippen molar-refractivity contribution in [3.8, 4) is 5.69 Å². The maximum Gasteiger partial charge on any atom is 0.272 e. The number of benzene rings is 1. The first kappa shape index (κ1) is 18.6. The highest BCUT2D eigenvalue weighted by molar-refractivity contribution is 5.94. The quantitative estimate of drug-likeness (QED) is 0.830. The summed E-state index contributed by atoms with van der Waals surface area (Å²) < 4.78 is 15.1. The second-order valence-electron chi connectivity index (χ2n) is 7.71. The van der Waals surface area contributed by atoms with Crippen molar-refractivity contribution in [1.82, 2.24) is 15.1 Å². The molecule has 1 aliphatic rings. The molecule has 5 heteroatoms. The fourth-order valence-corrected chi connectivity index (χ4v) is 3.52. The third-order valence-corrected chi connectivity index (χ3v) is 5.02. The van der Waals surface area contributed by atoms with E-state index in [4.69, 9.17) is 0 Å². The lowest BCUT2D eigenvalue weighted by Crippen LogP contribution is -2.33. The van der Waals surface area contributed by atoms with E-state index >= 15 is 0 Å². The minimum absolute atomic E-state index is 0.0970. The standard InChI is InChI=1S/C21H28FN3O/c1-14(2)8-9-15(3)23-21(26)20-18-6-4-5-7-19(18)25(24-20)17-12-10-16(22)11-13-17/h10-15H,4-9H2,1-3H3,(H,23,26)/t15-/m0/s1. The molecule has 26 heavy (non-hydrogen) atoms. The molecule has 0 fully saturated rings. The summed E-state index contributed by atoms with van der Waals surface area (Å²) in [6, 6.07) is 6.41. The third kappa shape index (κ3) is 4.14. The van der Waals surface area contributed by atoms with Gasteiger partial charge in [-0.2, -0.15) is 5.10 Å². The van der Waals surface area contributed by atoms with Gasteiger partial charge in [-0.3, -0.25) is 4.79 Å². The van der Waals surface area contributed by atoms with Crippen LogP contribution < -0.4 is 5.32 Å². The van der Waals surface area contributed by atoms with E-state index < -0.39 is 0 Å². The lowest BCUT2D eigenvalue weighted by molar-refractivity contribution is 0.0930. The molecule has 0 spiro atoms. The second kappa shape index (κ2) is 8.02. The molecule has 1 amide bonds. The van der Waals surface area contributed by atoms with Gasteiger partial charge in [0.25, 0.3) is 5.91 Å². The van der Waals surface area contributed by atoms with Crippen molar-refractivity contribution >= 4 is 5.91 Å². The summed E-state index contributed by atoms with van der Waals surface area (Å²) in [5.41, 5.74) is 3.47. The Morgan fingerprint density at radius 1 is 1.15 bits per heavy atom. The number of aromatic nitrogens is 2. The van der Waals surface area contributed by atoms with Crippen LogP contribution in [0, 0.1) is 11.7 Å². The first-order valence-corrected chi connectivity index (χ1v) is 9.63. The number of nitrogens with one attached hydrogen (secondary N) is 1. The largest absolute Gasteiger partial charge is 0.348 e. The van der Waals surface area contributed by atoms with Crippen molar-refractivity contribution < 1.29 is 9.18 Å². The number of carbonyl (C=O) groups is 1. The van der Waals surface area contributed by atoms with Gasteiger partial charge in [-0.25, -0.2) is 9.07 Å². The Hall–Kier alpha value is -2.17. The average molecular weight is 357 g/mol. The number of halogens is 1. The average Bonchev–Trinajstić information content (AvgIpc) is 3.00. The Kier molecular flexibility index (Phi) is 5.74. The van der Waals surface area contributed by atoms with Crippen molar-refractivity contribution in [1.29, 1.82) is 0 Å². The topological polar surface area (TPSA) is 46.9 Å². The van der Waals surface area contributed by atoms with E-state index in [1.165, 1.54) is 12.1 Å². The van der Waals surface area contributed by atoms with Gasteiger partial charge in [-0.05, 0) is 75.6 Å². The Balaban J connectivity index is 1.85. The van der Waals surface area contributed by atoms with Crippen molar-refractivity contribution in [2.45, 2.75) is 65.3 Å². The van der Waals surface area contributed by atoms with E-state index in [0.717, 1.165) is 55.5 Å². The summed E-state index contributed by atoms with van der Waals surface area (Å²) in [4.78, 5) is 12.8. The predicted molar refractivity (Wildman–Crippen MR) is 101 cm³/mol. The minimum atomic E-state index is -0.272. The van der Waals surface area contributed by atoms with Crippen LogP contribution in [0.15, 0.2) is 24.3 Å². The zero-order valence-corrected chi connectivity index (χ0v) is 15.9. The molecule has 4 nitrogen and oxygen atoms in total. The second-order valence-corrected chi connectivity index (χ2v) is 7.71. The summed E-state index contributed by atoms with van der Waals surface area (Å²) in [6.07, 6.45) is 5.99. The molecular formula is C21H28FN3O. The molecule has 2 aromatic rings. The molecule has 1 aromatic carbocycles. The van der Waals surface area contributed by atoms with Gasteiger partial charge in [0, 0.05) is 17.3 Å². The minimum Gasteiger partial charge on any atom is -0.348 e. The molecule has 1 heterocycles. The number of amides is 1. The predicted octanol–water partition coefficient (Wildman–Crippen LogP) is 4.44.